The van der Waals surface area contributed by atoms with Crippen LogP contribution in [0.15, 0.2) is 41.6 Å². The molecule has 15 heavy (non-hydrogen) atoms. The van der Waals surface area contributed by atoms with Crippen molar-refractivity contribution in [2.45, 2.75) is 17.2 Å². The third-order valence-corrected chi connectivity index (χ3v) is 3.93. The zero-order chi connectivity index (χ0) is 10.1. The summed E-state index contributed by atoms with van der Waals surface area (Å²) in [7, 11) is 0. The van der Waals surface area contributed by atoms with Gasteiger partial charge >= 0.3 is 0 Å². The lowest BCUT2D eigenvalue weighted by Gasteiger charge is -2.23. The molecular weight excluding hydrogens is 204 g/mol. The molecule has 0 radical (unpaired) electrons. The van der Waals surface area contributed by atoms with Crippen LogP contribution in [-0.2, 0) is 0 Å². The Kier molecular flexibility index (Phi) is 2.25. The molecule has 0 spiro atoms. The predicted molar refractivity (Wildman–Crippen MR) is 62.2 cm³/mol. The van der Waals surface area contributed by atoms with E-state index in [0.717, 1.165) is 5.82 Å². The molecular formula is C12H12N2S. The van der Waals surface area contributed by atoms with Gasteiger partial charge in [-0.25, -0.2) is 4.98 Å². The second-order valence-corrected chi connectivity index (χ2v) is 4.84. The van der Waals surface area contributed by atoms with Crippen LogP contribution in [0.5, 0.6) is 0 Å². The molecule has 2 heterocycles. The number of fused-ring (bicyclic) bond motifs is 1. The fourth-order valence-corrected chi connectivity index (χ4v) is 3.22. The number of hydrogen-bond acceptors (Lipinski definition) is 2. The topological polar surface area (TPSA) is 28.7 Å². The van der Waals surface area contributed by atoms with Crippen molar-refractivity contribution < 1.29 is 0 Å². The van der Waals surface area contributed by atoms with E-state index < -0.39 is 0 Å². The molecule has 76 valence electrons. The van der Waals surface area contributed by atoms with Gasteiger partial charge in [-0.2, -0.15) is 0 Å². The van der Waals surface area contributed by atoms with Crippen LogP contribution < -0.4 is 0 Å². The van der Waals surface area contributed by atoms with E-state index in [1.54, 1.807) is 0 Å². The molecule has 3 rings (SSSR count). The van der Waals surface area contributed by atoms with Crippen molar-refractivity contribution in [1.29, 1.82) is 0 Å². The van der Waals surface area contributed by atoms with Crippen LogP contribution >= 0.6 is 11.8 Å². The number of aromatic nitrogens is 2. The van der Waals surface area contributed by atoms with Crippen LogP contribution in [0.4, 0.5) is 0 Å². The van der Waals surface area contributed by atoms with Crippen LogP contribution in [0, 0.1) is 0 Å². The lowest BCUT2D eigenvalue weighted by molar-refractivity contribution is 0.711. The molecule has 0 aliphatic carbocycles. The van der Waals surface area contributed by atoms with Gasteiger partial charge in [-0.3, -0.25) is 0 Å². The van der Waals surface area contributed by atoms with Crippen molar-refractivity contribution in [2.75, 3.05) is 5.75 Å². The van der Waals surface area contributed by atoms with E-state index in [1.165, 1.54) is 22.6 Å². The van der Waals surface area contributed by atoms with Crippen molar-refractivity contribution in [1.82, 2.24) is 9.97 Å². The molecule has 0 amide bonds. The maximum absolute atomic E-state index is 4.37. The average Bonchev–Trinajstić information content (AvgIpc) is 2.82. The minimum absolute atomic E-state index is 0.456. The molecule has 0 bridgehead atoms. The minimum atomic E-state index is 0.456. The summed E-state index contributed by atoms with van der Waals surface area (Å²) in [4.78, 5) is 9.01. The Labute approximate surface area is 93.1 Å². The molecule has 0 saturated carbocycles. The Balaban J connectivity index is 2.06. The fraction of sp³-hybridized carbons (Fsp3) is 0.250. The molecule has 2 aromatic rings. The van der Waals surface area contributed by atoms with Crippen molar-refractivity contribution >= 4 is 11.8 Å². The van der Waals surface area contributed by atoms with Gasteiger partial charge in [0.2, 0.25) is 0 Å². The van der Waals surface area contributed by atoms with Crippen LogP contribution in [0.3, 0.4) is 0 Å². The summed E-state index contributed by atoms with van der Waals surface area (Å²) < 4.78 is 0. The van der Waals surface area contributed by atoms with E-state index in [9.17, 15) is 0 Å². The fourth-order valence-electron chi connectivity index (χ4n) is 2.09. The Bertz CT molecular complexity index is 450. The second-order valence-electron chi connectivity index (χ2n) is 3.70. The normalized spacial score (nSPS) is 19.9. The maximum atomic E-state index is 4.37. The van der Waals surface area contributed by atoms with E-state index in [0.29, 0.717) is 5.92 Å². The Morgan fingerprint density at radius 3 is 3.13 bits per heavy atom. The molecule has 0 saturated heterocycles. The summed E-state index contributed by atoms with van der Waals surface area (Å²) in [6, 6.07) is 8.64. The minimum Gasteiger partial charge on any atom is -0.348 e. The Hall–Kier alpha value is -1.22. The third kappa shape index (κ3) is 1.57. The van der Waals surface area contributed by atoms with Crippen LogP contribution in [0.2, 0.25) is 0 Å². The predicted octanol–water partition coefficient (Wildman–Crippen LogP) is 3.04. The Morgan fingerprint density at radius 2 is 2.27 bits per heavy atom. The van der Waals surface area contributed by atoms with Crippen molar-refractivity contribution in [3.8, 4) is 0 Å². The average molecular weight is 216 g/mol. The smallest absolute Gasteiger partial charge is 0.113 e. The van der Waals surface area contributed by atoms with Gasteiger partial charge in [-0.15, -0.1) is 11.8 Å². The largest absolute Gasteiger partial charge is 0.348 e. The molecule has 2 nitrogen and oxygen atoms in total. The molecule has 1 unspecified atom stereocenters. The van der Waals surface area contributed by atoms with Crippen molar-refractivity contribution in [2.24, 2.45) is 0 Å². The van der Waals surface area contributed by atoms with E-state index in [1.807, 2.05) is 24.2 Å². The first-order valence-corrected chi connectivity index (χ1v) is 6.15. The third-order valence-electron chi connectivity index (χ3n) is 2.81. The molecule has 1 aliphatic heterocycles. The number of imidazole rings is 1. The van der Waals surface area contributed by atoms with Gasteiger partial charge < -0.3 is 4.98 Å². The van der Waals surface area contributed by atoms with Crippen molar-refractivity contribution in [3.05, 3.63) is 48.0 Å². The number of benzene rings is 1. The quantitative estimate of drug-likeness (QED) is 0.793. The summed E-state index contributed by atoms with van der Waals surface area (Å²) in [6.45, 7) is 0. The number of nitrogens with one attached hydrogen (secondary N) is 1. The highest BCUT2D eigenvalue weighted by molar-refractivity contribution is 7.99. The molecule has 0 fully saturated rings. The summed E-state index contributed by atoms with van der Waals surface area (Å²) in [5.41, 5.74) is 1.42. The van der Waals surface area contributed by atoms with Crippen molar-refractivity contribution in [3.63, 3.8) is 0 Å². The van der Waals surface area contributed by atoms with Gasteiger partial charge in [0.15, 0.2) is 0 Å². The van der Waals surface area contributed by atoms with Gasteiger partial charge in [0.25, 0.3) is 0 Å². The summed E-state index contributed by atoms with van der Waals surface area (Å²) >= 11 is 1.95. The molecule has 1 aliphatic rings. The number of rotatable bonds is 1. The van der Waals surface area contributed by atoms with E-state index in [4.69, 9.17) is 0 Å². The molecule has 1 aromatic heterocycles. The second kappa shape index (κ2) is 3.74. The first-order chi connectivity index (χ1) is 7.45. The summed E-state index contributed by atoms with van der Waals surface area (Å²) in [6.07, 6.45) is 4.91. The van der Waals surface area contributed by atoms with Gasteiger partial charge in [0, 0.05) is 23.2 Å². The van der Waals surface area contributed by atoms with E-state index in [-0.39, 0.29) is 0 Å². The van der Waals surface area contributed by atoms with Gasteiger partial charge in [-0.1, -0.05) is 18.2 Å². The van der Waals surface area contributed by atoms with Crippen LogP contribution in [0.1, 0.15) is 23.7 Å². The zero-order valence-corrected chi connectivity index (χ0v) is 9.13. The SMILES string of the molecule is c1ccc2c(c1)SCCC2c1ncc[nH]1. The van der Waals surface area contributed by atoms with Crippen LogP contribution in [0.25, 0.3) is 0 Å². The van der Waals surface area contributed by atoms with E-state index >= 15 is 0 Å². The summed E-state index contributed by atoms with van der Waals surface area (Å²) in [5, 5.41) is 0. The van der Waals surface area contributed by atoms with Gasteiger partial charge in [0.1, 0.15) is 5.82 Å². The standard InChI is InChI=1S/C12H12N2S/c1-2-4-11-9(3-1)10(5-8-15-11)12-13-6-7-14-12/h1-4,6-7,10H,5,8H2,(H,13,14). The number of H-pyrrole nitrogens is 1. The maximum Gasteiger partial charge on any atom is 0.113 e. The van der Waals surface area contributed by atoms with Crippen LogP contribution in [-0.4, -0.2) is 15.7 Å². The molecule has 1 aromatic carbocycles. The highest BCUT2D eigenvalue weighted by Gasteiger charge is 2.23. The highest BCUT2D eigenvalue weighted by atomic mass is 32.2. The summed E-state index contributed by atoms with van der Waals surface area (Å²) in [5.74, 6) is 2.74. The van der Waals surface area contributed by atoms with E-state index in [2.05, 4.69) is 34.2 Å². The molecule has 3 heteroatoms. The number of nitrogens with zero attached hydrogens (tertiary/aromatic N) is 1. The lowest BCUT2D eigenvalue weighted by Crippen LogP contribution is -2.10. The van der Waals surface area contributed by atoms with Gasteiger partial charge in [-0.05, 0) is 23.8 Å². The first kappa shape index (κ1) is 9.04. The number of hydrogen-bond donors (Lipinski definition) is 1. The highest BCUT2D eigenvalue weighted by Crippen LogP contribution is 2.39. The number of aromatic amines is 1. The molecule has 1 N–H and O–H groups in total. The Morgan fingerprint density at radius 1 is 1.33 bits per heavy atom. The van der Waals surface area contributed by atoms with Gasteiger partial charge in [0.05, 0.1) is 0 Å². The zero-order valence-electron chi connectivity index (χ0n) is 8.31. The first-order valence-electron chi connectivity index (χ1n) is 5.16. The molecule has 1 atom stereocenters. The monoisotopic (exact) mass is 216 g/mol. The lowest BCUT2D eigenvalue weighted by atomic mass is 9.95. The number of thioether (sulfide) groups is 1.